The van der Waals surface area contributed by atoms with Gasteiger partial charge in [-0.15, -0.1) is 0 Å². The number of hydrogen-bond acceptors (Lipinski definition) is 2. The van der Waals surface area contributed by atoms with Gasteiger partial charge in [-0.3, -0.25) is 0 Å². The van der Waals surface area contributed by atoms with Crippen molar-refractivity contribution < 1.29 is 9.13 Å². The van der Waals surface area contributed by atoms with Crippen LogP contribution in [0.15, 0.2) is 18.2 Å². The third-order valence-electron chi connectivity index (χ3n) is 2.53. The monoisotopic (exact) mass is 195 g/mol. The second-order valence-electron chi connectivity index (χ2n) is 3.66. The summed E-state index contributed by atoms with van der Waals surface area (Å²) in [4.78, 5) is 0. The molecule has 76 valence electrons. The molecule has 14 heavy (non-hydrogen) atoms. The maximum absolute atomic E-state index is 12.9. The lowest BCUT2D eigenvalue weighted by Crippen LogP contribution is -2.48. The maximum atomic E-state index is 12.9. The van der Waals surface area contributed by atoms with Crippen LogP contribution in [-0.4, -0.2) is 19.2 Å². The van der Waals surface area contributed by atoms with Crippen LogP contribution in [0.1, 0.15) is 11.1 Å². The third-order valence-corrected chi connectivity index (χ3v) is 2.53. The van der Waals surface area contributed by atoms with Gasteiger partial charge in [0.1, 0.15) is 5.82 Å². The predicted octanol–water partition coefficient (Wildman–Crippen LogP) is 1.62. The molecule has 2 nitrogen and oxygen atoms in total. The van der Waals surface area contributed by atoms with Crippen LogP contribution in [0.25, 0.3) is 0 Å². The SMILES string of the molecule is Cc1ccc(F)cc1COC1CNC1. The van der Waals surface area contributed by atoms with E-state index >= 15 is 0 Å². The van der Waals surface area contributed by atoms with Gasteiger partial charge in [0.25, 0.3) is 0 Å². The highest BCUT2D eigenvalue weighted by atomic mass is 19.1. The number of hydrogen-bond donors (Lipinski definition) is 1. The van der Waals surface area contributed by atoms with Gasteiger partial charge >= 0.3 is 0 Å². The number of aryl methyl sites for hydroxylation is 1. The Labute approximate surface area is 83.1 Å². The summed E-state index contributed by atoms with van der Waals surface area (Å²) in [5.74, 6) is -0.194. The molecule has 1 aliphatic rings. The van der Waals surface area contributed by atoms with Crippen LogP contribution in [0.3, 0.4) is 0 Å². The van der Waals surface area contributed by atoms with E-state index in [0.717, 1.165) is 24.2 Å². The Bertz CT molecular complexity index is 323. The summed E-state index contributed by atoms with van der Waals surface area (Å²) in [7, 11) is 0. The number of halogens is 1. The summed E-state index contributed by atoms with van der Waals surface area (Å²) in [5.41, 5.74) is 2.02. The molecule has 1 aliphatic heterocycles. The van der Waals surface area contributed by atoms with Gasteiger partial charge in [0.2, 0.25) is 0 Å². The van der Waals surface area contributed by atoms with Crippen LogP contribution in [0, 0.1) is 12.7 Å². The van der Waals surface area contributed by atoms with E-state index in [4.69, 9.17) is 4.74 Å². The molecule has 0 radical (unpaired) electrons. The number of nitrogens with one attached hydrogen (secondary N) is 1. The average Bonchev–Trinajstić information content (AvgIpc) is 2.08. The molecule has 0 saturated carbocycles. The molecule has 2 rings (SSSR count). The molecule has 1 aromatic carbocycles. The molecule has 1 N–H and O–H groups in total. The fourth-order valence-corrected chi connectivity index (χ4v) is 1.38. The van der Waals surface area contributed by atoms with Gasteiger partial charge in [-0.2, -0.15) is 0 Å². The van der Waals surface area contributed by atoms with Crippen LogP contribution < -0.4 is 5.32 Å². The van der Waals surface area contributed by atoms with Crippen LogP contribution in [0.5, 0.6) is 0 Å². The van der Waals surface area contributed by atoms with Gasteiger partial charge < -0.3 is 10.1 Å². The lowest BCUT2D eigenvalue weighted by molar-refractivity contribution is 0.00727. The summed E-state index contributed by atoms with van der Waals surface area (Å²) in [5, 5.41) is 3.12. The molecular weight excluding hydrogens is 181 g/mol. The summed E-state index contributed by atoms with van der Waals surface area (Å²) in [6, 6.07) is 4.80. The van der Waals surface area contributed by atoms with Gasteiger partial charge in [-0.1, -0.05) is 6.07 Å². The van der Waals surface area contributed by atoms with Gasteiger partial charge in [0.15, 0.2) is 0 Å². The minimum Gasteiger partial charge on any atom is -0.371 e. The Morgan fingerprint density at radius 3 is 2.93 bits per heavy atom. The van der Waals surface area contributed by atoms with E-state index in [0.29, 0.717) is 12.7 Å². The standard InChI is InChI=1S/C11H14FNO/c1-8-2-3-10(12)4-9(8)7-14-11-5-13-6-11/h2-4,11,13H,5-7H2,1H3. The molecule has 3 heteroatoms. The highest BCUT2D eigenvalue weighted by Crippen LogP contribution is 2.13. The molecule has 1 fully saturated rings. The Morgan fingerprint density at radius 1 is 1.50 bits per heavy atom. The van der Waals surface area contributed by atoms with E-state index in [2.05, 4.69) is 5.32 Å². The fraction of sp³-hybridized carbons (Fsp3) is 0.455. The van der Waals surface area contributed by atoms with E-state index in [-0.39, 0.29) is 5.82 Å². The molecule has 0 atom stereocenters. The van der Waals surface area contributed by atoms with Crippen LogP contribution in [-0.2, 0) is 11.3 Å². The smallest absolute Gasteiger partial charge is 0.123 e. The minimum absolute atomic E-state index is 0.194. The van der Waals surface area contributed by atoms with Crippen molar-refractivity contribution in [2.75, 3.05) is 13.1 Å². The first-order valence-electron chi connectivity index (χ1n) is 4.83. The van der Waals surface area contributed by atoms with Crippen LogP contribution in [0.2, 0.25) is 0 Å². The maximum Gasteiger partial charge on any atom is 0.123 e. The van der Waals surface area contributed by atoms with Crippen LogP contribution >= 0.6 is 0 Å². The lowest BCUT2D eigenvalue weighted by Gasteiger charge is -2.27. The van der Waals surface area contributed by atoms with E-state index in [1.54, 1.807) is 12.1 Å². The first-order valence-corrected chi connectivity index (χ1v) is 4.83. The van der Waals surface area contributed by atoms with E-state index in [9.17, 15) is 4.39 Å². The van der Waals surface area contributed by atoms with Crippen molar-refractivity contribution in [3.8, 4) is 0 Å². The van der Waals surface area contributed by atoms with Crippen molar-refractivity contribution >= 4 is 0 Å². The topological polar surface area (TPSA) is 21.3 Å². The van der Waals surface area contributed by atoms with E-state index in [1.165, 1.54) is 6.07 Å². The van der Waals surface area contributed by atoms with Gasteiger partial charge in [0.05, 0.1) is 12.7 Å². The molecule has 0 unspecified atom stereocenters. The third kappa shape index (κ3) is 2.11. The molecule has 1 heterocycles. The highest BCUT2D eigenvalue weighted by Gasteiger charge is 2.17. The second-order valence-corrected chi connectivity index (χ2v) is 3.66. The molecule has 0 spiro atoms. The molecule has 0 aliphatic carbocycles. The Morgan fingerprint density at radius 2 is 2.29 bits per heavy atom. The van der Waals surface area contributed by atoms with Crippen molar-refractivity contribution in [3.05, 3.63) is 35.1 Å². The van der Waals surface area contributed by atoms with Gasteiger partial charge in [-0.25, -0.2) is 4.39 Å². The van der Waals surface area contributed by atoms with Gasteiger partial charge in [0, 0.05) is 13.1 Å². The molecule has 0 amide bonds. The zero-order chi connectivity index (χ0) is 9.97. The Hall–Kier alpha value is -0.930. The average molecular weight is 195 g/mol. The molecule has 0 bridgehead atoms. The van der Waals surface area contributed by atoms with Crippen molar-refractivity contribution in [2.45, 2.75) is 19.6 Å². The quantitative estimate of drug-likeness (QED) is 0.791. The Kier molecular flexibility index (Phi) is 2.79. The van der Waals surface area contributed by atoms with Crippen molar-refractivity contribution in [1.29, 1.82) is 0 Å². The molecule has 1 saturated heterocycles. The van der Waals surface area contributed by atoms with Crippen molar-refractivity contribution in [1.82, 2.24) is 5.32 Å². The normalized spacial score (nSPS) is 16.7. The van der Waals surface area contributed by atoms with E-state index < -0.39 is 0 Å². The summed E-state index contributed by atoms with van der Waals surface area (Å²) < 4.78 is 18.5. The van der Waals surface area contributed by atoms with E-state index in [1.807, 2.05) is 6.92 Å². The lowest BCUT2D eigenvalue weighted by atomic mass is 10.1. The Balaban J connectivity index is 1.96. The summed E-state index contributed by atoms with van der Waals surface area (Å²) >= 11 is 0. The first kappa shape index (κ1) is 9.62. The van der Waals surface area contributed by atoms with Crippen molar-refractivity contribution in [3.63, 3.8) is 0 Å². The number of rotatable bonds is 3. The zero-order valence-electron chi connectivity index (χ0n) is 8.22. The zero-order valence-corrected chi connectivity index (χ0v) is 8.22. The first-order chi connectivity index (χ1) is 6.75. The van der Waals surface area contributed by atoms with Crippen molar-refractivity contribution in [2.24, 2.45) is 0 Å². The van der Waals surface area contributed by atoms with Crippen LogP contribution in [0.4, 0.5) is 4.39 Å². The second kappa shape index (κ2) is 4.07. The number of benzene rings is 1. The predicted molar refractivity (Wildman–Crippen MR) is 52.6 cm³/mol. The molecule has 0 aromatic heterocycles. The highest BCUT2D eigenvalue weighted by molar-refractivity contribution is 5.25. The van der Waals surface area contributed by atoms with Gasteiger partial charge in [-0.05, 0) is 30.2 Å². The summed E-state index contributed by atoms with van der Waals surface area (Å²) in [6.07, 6.45) is 0.303. The minimum atomic E-state index is -0.194. The molecule has 1 aromatic rings. The molecular formula is C11H14FNO. The fourth-order valence-electron chi connectivity index (χ4n) is 1.38. The number of ether oxygens (including phenoxy) is 1. The largest absolute Gasteiger partial charge is 0.371 e. The summed E-state index contributed by atoms with van der Waals surface area (Å²) in [6.45, 7) is 4.30.